The van der Waals surface area contributed by atoms with Gasteiger partial charge in [-0.05, 0) is 76.1 Å². The zero-order valence-corrected chi connectivity index (χ0v) is 24.7. The number of alkyl carbamates (subject to hydrolysis) is 1. The van der Waals surface area contributed by atoms with Gasteiger partial charge < -0.3 is 26.0 Å². The predicted octanol–water partition coefficient (Wildman–Crippen LogP) is 5.03. The number of nitrogens with two attached hydrogens (primary N) is 1. The number of benzene rings is 2. The molecule has 0 spiro atoms. The highest BCUT2D eigenvalue weighted by molar-refractivity contribution is 6.34. The van der Waals surface area contributed by atoms with Gasteiger partial charge in [0.05, 0.1) is 10.7 Å². The number of nitrogens with one attached hydrogen (secondary N) is 2. The predicted molar refractivity (Wildman–Crippen MR) is 155 cm³/mol. The number of hydrogen-bond acceptors (Lipinski definition) is 5. The second-order valence-electron chi connectivity index (χ2n) is 11.4. The molecule has 40 heavy (non-hydrogen) atoms. The lowest BCUT2D eigenvalue weighted by atomic mass is 9.97. The van der Waals surface area contributed by atoms with E-state index >= 15 is 0 Å². The summed E-state index contributed by atoms with van der Waals surface area (Å²) < 4.78 is 5.39. The number of carbonyl (C=O) groups excluding carboxylic acids is 4. The highest BCUT2D eigenvalue weighted by atomic mass is 35.5. The number of halogens is 1. The van der Waals surface area contributed by atoms with Gasteiger partial charge in [0.1, 0.15) is 17.7 Å². The molecule has 1 aliphatic carbocycles. The van der Waals surface area contributed by atoms with Crippen LogP contribution in [-0.4, -0.2) is 46.4 Å². The number of hydrogen-bond donors (Lipinski definition) is 3. The molecule has 0 radical (unpaired) electrons. The lowest BCUT2D eigenvalue weighted by molar-refractivity contribution is -0.142. The first-order valence-electron chi connectivity index (χ1n) is 13.4. The first kappa shape index (κ1) is 30.9. The van der Waals surface area contributed by atoms with Crippen molar-refractivity contribution in [2.45, 2.75) is 84.5 Å². The molecule has 216 valence electrons. The highest BCUT2D eigenvalue weighted by Gasteiger charge is 2.48. The molecule has 4 amide bonds. The van der Waals surface area contributed by atoms with Crippen molar-refractivity contribution in [3.63, 3.8) is 0 Å². The smallest absolute Gasteiger partial charge is 0.408 e. The molecule has 9 nitrogen and oxygen atoms in total. The van der Waals surface area contributed by atoms with Crippen LogP contribution in [0.3, 0.4) is 0 Å². The van der Waals surface area contributed by atoms with Gasteiger partial charge in [0.25, 0.3) is 5.91 Å². The van der Waals surface area contributed by atoms with Gasteiger partial charge in [0, 0.05) is 12.5 Å². The van der Waals surface area contributed by atoms with Crippen LogP contribution in [0, 0.1) is 19.8 Å². The Morgan fingerprint density at radius 2 is 1.70 bits per heavy atom. The Kier molecular flexibility index (Phi) is 9.84. The number of rotatable bonds is 10. The molecule has 0 aromatic heterocycles. The monoisotopic (exact) mass is 570 g/mol. The maximum atomic E-state index is 14.3. The Balaban J connectivity index is 2.07. The summed E-state index contributed by atoms with van der Waals surface area (Å²) in [7, 11) is 0. The molecule has 2 aromatic rings. The summed E-state index contributed by atoms with van der Waals surface area (Å²) in [5.74, 6) is -1.43. The van der Waals surface area contributed by atoms with E-state index in [0.717, 1.165) is 11.1 Å². The second-order valence-corrected chi connectivity index (χ2v) is 11.8. The van der Waals surface area contributed by atoms with Gasteiger partial charge in [0.15, 0.2) is 0 Å². The van der Waals surface area contributed by atoms with E-state index in [2.05, 4.69) is 10.6 Å². The van der Waals surface area contributed by atoms with Crippen LogP contribution in [0.1, 0.15) is 69.7 Å². The number of aryl methyl sites for hydroxylation is 2. The topological polar surface area (TPSA) is 131 Å². The van der Waals surface area contributed by atoms with Crippen molar-refractivity contribution in [2.24, 2.45) is 11.7 Å². The number of amides is 4. The summed E-state index contributed by atoms with van der Waals surface area (Å²) in [6.07, 6.45) is -0.304. The molecular formula is C30H39ClN4O5. The molecule has 0 saturated heterocycles. The molecule has 1 fully saturated rings. The van der Waals surface area contributed by atoms with Crippen LogP contribution in [0.5, 0.6) is 0 Å². The minimum atomic E-state index is -1.14. The fourth-order valence-corrected chi connectivity index (χ4v) is 4.91. The van der Waals surface area contributed by atoms with Crippen molar-refractivity contribution in [1.82, 2.24) is 10.2 Å². The van der Waals surface area contributed by atoms with E-state index in [1.165, 1.54) is 4.90 Å². The number of primary amides is 1. The van der Waals surface area contributed by atoms with E-state index in [1.54, 1.807) is 32.9 Å². The SMILES string of the molecule is Cc1ccccc1C(C(=O)Nc1c(C)cccc1Cl)N(C(=O)C(CCC(N)=O)NC(=O)OC(C)(C)C)C1CC1C. The zero-order valence-electron chi connectivity index (χ0n) is 23.9. The highest BCUT2D eigenvalue weighted by Crippen LogP contribution is 2.42. The largest absolute Gasteiger partial charge is 0.444 e. The third-order valence-corrected chi connectivity index (χ3v) is 7.14. The van der Waals surface area contributed by atoms with E-state index in [4.69, 9.17) is 22.1 Å². The first-order chi connectivity index (χ1) is 18.7. The lowest BCUT2D eigenvalue weighted by Gasteiger charge is -2.35. The Labute approximate surface area is 240 Å². The van der Waals surface area contributed by atoms with Gasteiger partial charge in [-0.15, -0.1) is 0 Å². The summed E-state index contributed by atoms with van der Waals surface area (Å²) in [4.78, 5) is 54.3. The van der Waals surface area contributed by atoms with Crippen molar-refractivity contribution >= 4 is 41.1 Å². The molecule has 0 heterocycles. The average Bonchev–Trinajstić information content (AvgIpc) is 3.57. The van der Waals surface area contributed by atoms with Gasteiger partial charge in [-0.25, -0.2) is 4.79 Å². The van der Waals surface area contributed by atoms with Gasteiger partial charge >= 0.3 is 6.09 Å². The standard InChI is InChI=1S/C30H39ClN4O5/c1-17-10-7-8-12-20(17)26(27(37)34-25-18(2)11-9-13-21(25)31)35(23-16-19(23)3)28(38)22(14-15-24(32)36)33-29(39)40-30(4,5)6/h7-13,19,22-23,26H,14-16H2,1-6H3,(H2,32,36)(H,33,39)(H,34,37). The average molecular weight is 571 g/mol. The summed E-state index contributed by atoms with van der Waals surface area (Å²) in [6.45, 7) is 10.8. The Bertz CT molecular complexity index is 1250. The number of carbonyl (C=O) groups is 4. The molecule has 4 unspecified atom stereocenters. The molecule has 2 aromatic carbocycles. The van der Waals surface area contributed by atoms with Gasteiger partial charge in [-0.2, -0.15) is 0 Å². The van der Waals surface area contributed by atoms with Crippen LogP contribution < -0.4 is 16.4 Å². The van der Waals surface area contributed by atoms with Crippen molar-refractivity contribution in [1.29, 1.82) is 0 Å². The van der Waals surface area contributed by atoms with Crippen LogP contribution in [0.2, 0.25) is 5.02 Å². The lowest BCUT2D eigenvalue weighted by Crippen LogP contribution is -2.53. The second kappa shape index (κ2) is 12.7. The number of ether oxygens (including phenoxy) is 1. The third kappa shape index (κ3) is 7.97. The van der Waals surface area contributed by atoms with Crippen LogP contribution in [0.15, 0.2) is 42.5 Å². The van der Waals surface area contributed by atoms with E-state index in [9.17, 15) is 19.2 Å². The fraction of sp³-hybridized carbons (Fsp3) is 0.467. The summed E-state index contributed by atoms with van der Waals surface area (Å²) in [6, 6.07) is 10.2. The van der Waals surface area contributed by atoms with Crippen LogP contribution >= 0.6 is 11.6 Å². The molecule has 1 aliphatic rings. The van der Waals surface area contributed by atoms with Crippen LogP contribution in [0.25, 0.3) is 0 Å². The molecular weight excluding hydrogens is 532 g/mol. The van der Waals surface area contributed by atoms with E-state index in [0.29, 0.717) is 22.7 Å². The summed E-state index contributed by atoms with van der Waals surface area (Å²) >= 11 is 6.43. The molecule has 0 bridgehead atoms. The van der Waals surface area contributed by atoms with Gasteiger partial charge in [-0.3, -0.25) is 14.4 Å². The van der Waals surface area contributed by atoms with Crippen molar-refractivity contribution in [3.8, 4) is 0 Å². The van der Waals surface area contributed by atoms with Crippen molar-refractivity contribution < 1.29 is 23.9 Å². The molecule has 3 rings (SSSR count). The van der Waals surface area contributed by atoms with Crippen LogP contribution in [-0.2, 0) is 19.1 Å². The summed E-state index contributed by atoms with van der Waals surface area (Å²) in [5.41, 5.74) is 7.28. The minimum absolute atomic E-state index is 0.0449. The molecule has 0 aliphatic heterocycles. The van der Waals surface area contributed by atoms with E-state index in [-0.39, 0.29) is 24.8 Å². The van der Waals surface area contributed by atoms with E-state index < -0.39 is 41.5 Å². The Hall–Kier alpha value is -3.59. The number of nitrogens with zero attached hydrogens (tertiary/aromatic N) is 1. The Morgan fingerprint density at radius 3 is 2.25 bits per heavy atom. The molecule has 4 atom stereocenters. The molecule has 1 saturated carbocycles. The molecule has 10 heteroatoms. The van der Waals surface area contributed by atoms with Crippen molar-refractivity contribution in [3.05, 3.63) is 64.2 Å². The maximum Gasteiger partial charge on any atom is 0.408 e. The van der Waals surface area contributed by atoms with E-state index in [1.807, 2.05) is 51.1 Å². The normalized spacial score (nSPS) is 17.8. The number of anilines is 1. The maximum absolute atomic E-state index is 14.3. The quantitative estimate of drug-likeness (QED) is 0.368. The molecule has 4 N–H and O–H groups in total. The van der Waals surface area contributed by atoms with Gasteiger partial charge in [-0.1, -0.05) is 54.9 Å². The Morgan fingerprint density at radius 1 is 1.07 bits per heavy atom. The fourth-order valence-electron chi connectivity index (χ4n) is 4.64. The van der Waals surface area contributed by atoms with Crippen LogP contribution in [0.4, 0.5) is 10.5 Å². The zero-order chi connectivity index (χ0) is 29.8. The van der Waals surface area contributed by atoms with Crippen molar-refractivity contribution in [2.75, 3.05) is 5.32 Å². The number of para-hydroxylation sites is 1. The first-order valence-corrected chi connectivity index (χ1v) is 13.8. The third-order valence-electron chi connectivity index (χ3n) is 6.83. The minimum Gasteiger partial charge on any atom is -0.444 e. The van der Waals surface area contributed by atoms with Gasteiger partial charge in [0.2, 0.25) is 11.8 Å². The summed E-state index contributed by atoms with van der Waals surface area (Å²) in [5, 5.41) is 5.94.